The third kappa shape index (κ3) is 3.22. The summed E-state index contributed by atoms with van der Waals surface area (Å²) in [6, 6.07) is 7.64. The minimum absolute atomic E-state index is 0.241. The molecule has 0 aromatic heterocycles. The zero-order valence-electron chi connectivity index (χ0n) is 12.2. The summed E-state index contributed by atoms with van der Waals surface area (Å²) in [7, 11) is -3.68. The van der Waals surface area contributed by atoms with Crippen molar-refractivity contribution in [1.82, 2.24) is 5.32 Å². The van der Waals surface area contributed by atoms with E-state index in [2.05, 4.69) is 10.2 Å². The van der Waals surface area contributed by atoms with E-state index in [-0.39, 0.29) is 4.90 Å². The van der Waals surface area contributed by atoms with Gasteiger partial charge in [-0.15, -0.1) is 0 Å². The molecule has 0 saturated carbocycles. The van der Waals surface area contributed by atoms with Gasteiger partial charge in [-0.25, -0.2) is 13.6 Å². The number of rotatable bonds is 3. The van der Waals surface area contributed by atoms with Gasteiger partial charge >= 0.3 is 0 Å². The summed E-state index contributed by atoms with van der Waals surface area (Å²) in [5.74, 6) is 0.592. The number of sulfonamides is 1. The first-order chi connectivity index (χ1) is 10.1. The lowest BCUT2D eigenvalue weighted by Gasteiger charge is -2.37. The lowest BCUT2D eigenvalue weighted by Crippen LogP contribution is -2.44. The molecule has 2 aliphatic rings. The van der Waals surface area contributed by atoms with Crippen LogP contribution in [0.4, 0.5) is 5.69 Å². The summed E-state index contributed by atoms with van der Waals surface area (Å²) in [6.45, 7) is 2.91. The van der Waals surface area contributed by atoms with Crippen molar-refractivity contribution in [1.29, 1.82) is 0 Å². The fourth-order valence-electron chi connectivity index (χ4n) is 3.63. The van der Waals surface area contributed by atoms with E-state index in [1.807, 2.05) is 12.1 Å². The molecule has 6 heteroatoms. The van der Waals surface area contributed by atoms with Crippen LogP contribution in [-0.4, -0.2) is 34.1 Å². The van der Waals surface area contributed by atoms with Gasteiger partial charge in [-0.05, 0) is 50.3 Å². The van der Waals surface area contributed by atoms with Gasteiger partial charge in [0.05, 0.1) is 5.69 Å². The number of hydrogen-bond acceptors (Lipinski definition) is 4. The SMILES string of the molecule is NS(=O)(=O)c1ccccc1N1CCCC(C2CCCN2)C1. The topological polar surface area (TPSA) is 75.4 Å². The van der Waals surface area contributed by atoms with E-state index in [4.69, 9.17) is 5.14 Å². The fourth-order valence-corrected chi connectivity index (χ4v) is 4.39. The zero-order valence-corrected chi connectivity index (χ0v) is 13.0. The molecule has 2 unspecified atom stereocenters. The van der Waals surface area contributed by atoms with E-state index in [1.165, 1.54) is 19.3 Å². The highest BCUT2D eigenvalue weighted by Gasteiger charge is 2.30. The van der Waals surface area contributed by atoms with Gasteiger partial charge < -0.3 is 10.2 Å². The Balaban J connectivity index is 1.83. The summed E-state index contributed by atoms with van der Waals surface area (Å²) in [6.07, 6.45) is 4.79. The maximum absolute atomic E-state index is 11.8. The molecule has 3 rings (SSSR count). The van der Waals surface area contributed by atoms with Gasteiger partial charge in [-0.3, -0.25) is 0 Å². The van der Waals surface area contributed by atoms with Crippen molar-refractivity contribution < 1.29 is 8.42 Å². The average Bonchev–Trinajstić information content (AvgIpc) is 3.01. The molecule has 3 N–H and O–H groups in total. The van der Waals surface area contributed by atoms with Crippen LogP contribution in [0, 0.1) is 5.92 Å². The van der Waals surface area contributed by atoms with Gasteiger partial charge in [0.1, 0.15) is 4.90 Å². The predicted octanol–water partition coefficient (Wildman–Crippen LogP) is 1.30. The molecule has 2 atom stereocenters. The second-order valence-electron chi connectivity index (χ2n) is 6.06. The molecule has 1 aromatic rings. The molecule has 2 saturated heterocycles. The Kier molecular flexibility index (Phi) is 4.19. The van der Waals surface area contributed by atoms with Crippen LogP contribution in [-0.2, 0) is 10.0 Å². The summed E-state index contributed by atoms with van der Waals surface area (Å²) in [5.41, 5.74) is 0.752. The number of benzene rings is 1. The fraction of sp³-hybridized carbons (Fsp3) is 0.600. The molecular formula is C15H23N3O2S. The van der Waals surface area contributed by atoms with Crippen LogP contribution in [0.15, 0.2) is 29.2 Å². The zero-order chi connectivity index (χ0) is 14.9. The highest BCUT2D eigenvalue weighted by atomic mass is 32.2. The van der Waals surface area contributed by atoms with Crippen molar-refractivity contribution >= 4 is 15.7 Å². The largest absolute Gasteiger partial charge is 0.370 e. The van der Waals surface area contributed by atoms with Crippen LogP contribution < -0.4 is 15.4 Å². The van der Waals surface area contributed by atoms with Crippen LogP contribution in [0.5, 0.6) is 0 Å². The van der Waals surface area contributed by atoms with Crippen molar-refractivity contribution in [3.63, 3.8) is 0 Å². The molecule has 2 heterocycles. The minimum Gasteiger partial charge on any atom is -0.370 e. The molecule has 0 spiro atoms. The Morgan fingerprint density at radius 3 is 2.71 bits per heavy atom. The van der Waals surface area contributed by atoms with Crippen LogP contribution in [0.1, 0.15) is 25.7 Å². The third-order valence-electron chi connectivity index (χ3n) is 4.64. The van der Waals surface area contributed by atoms with E-state index >= 15 is 0 Å². The number of anilines is 1. The van der Waals surface area contributed by atoms with Gasteiger partial charge in [0.15, 0.2) is 0 Å². The molecule has 0 bridgehead atoms. The molecule has 1 aromatic carbocycles. The summed E-state index contributed by atoms with van der Waals surface area (Å²) < 4.78 is 23.5. The average molecular weight is 309 g/mol. The maximum Gasteiger partial charge on any atom is 0.240 e. The summed E-state index contributed by atoms with van der Waals surface area (Å²) in [4.78, 5) is 2.43. The molecular weight excluding hydrogens is 286 g/mol. The smallest absolute Gasteiger partial charge is 0.240 e. The molecule has 21 heavy (non-hydrogen) atoms. The Morgan fingerprint density at radius 2 is 2.00 bits per heavy atom. The van der Waals surface area contributed by atoms with Crippen molar-refractivity contribution in [2.75, 3.05) is 24.5 Å². The Bertz CT molecular complexity index is 597. The molecule has 2 fully saturated rings. The van der Waals surface area contributed by atoms with Crippen LogP contribution in [0.3, 0.4) is 0 Å². The Labute approximate surface area is 126 Å². The monoisotopic (exact) mass is 309 g/mol. The quantitative estimate of drug-likeness (QED) is 0.882. The Hall–Kier alpha value is -1.11. The van der Waals surface area contributed by atoms with E-state index in [0.717, 1.165) is 31.7 Å². The number of hydrogen-bond donors (Lipinski definition) is 2. The molecule has 5 nitrogen and oxygen atoms in total. The van der Waals surface area contributed by atoms with E-state index in [9.17, 15) is 8.42 Å². The van der Waals surface area contributed by atoms with Crippen molar-refractivity contribution in [2.45, 2.75) is 36.6 Å². The van der Waals surface area contributed by atoms with Crippen LogP contribution >= 0.6 is 0 Å². The van der Waals surface area contributed by atoms with Crippen molar-refractivity contribution in [2.24, 2.45) is 11.1 Å². The standard InChI is InChI=1S/C15H23N3O2S/c16-21(19,20)15-8-2-1-7-14(15)18-10-4-5-12(11-18)13-6-3-9-17-13/h1-2,7-8,12-13,17H,3-6,9-11H2,(H2,16,19,20). The van der Waals surface area contributed by atoms with E-state index in [0.29, 0.717) is 12.0 Å². The van der Waals surface area contributed by atoms with Gasteiger partial charge in [0, 0.05) is 19.1 Å². The summed E-state index contributed by atoms with van der Waals surface area (Å²) >= 11 is 0. The molecule has 116 valence electrons. The van der Waals surface area contributed by atoms with E-state index in [1.54, 1.807) is 12.1 Å². The lowest BCUT2D eigenvalue weighted by atomic mass is 9.89. The molecule has 2 aliphatic heterocycles. The number of nitrogens with two attached hydrogens (primary N) is 1. The van der Waals surface area contributed by atoms with Gasteiger partial charge in [0.25, 0.3) is 0 Å². The number of piperidine rings is 1. The predicted molar refractivity (Wildman–Crippen MR) is 83.8 cm³/mol. The molecule has 0 amide bonds. The normalized spacial score (nSPS) is 27.0. The first-order valence-electron chi connectivity index (χ1n) is 7.66. The highest BCUT2D eigenvalue weighted by Crippen LogP contribution is 2.31. The minimum atomic E-state index is -3.68. The number of nitrogens with one attached hydrogen (secondary N) is 1. The van der Waals surface area contributed by atoms with Crippen molar-refractivity contribution in [3.05, 3.63) is 24.3 Å². The number of nitrogens with zero attached hydrogens (tertiary/aromatic N) is 1. The number of primary sulfonamides is 1. The molecule has 0 radical (unpaired) electrons. The van der Waals surface area contributed by atoms with Crippen LogP contribution in [0.2, 0.25) is 0 Å². The first kappa shape index (κ1) is 14.8. The summed E-state index contributed by atoms with van der Waals surface area (Å²) in [5, 5.41) is 8.93. The van der Waals surface area contributed by atoms with Crippen molar-refractivity contribution in [3.8, 4) is 0 Å². The second-order valence-corrected chi connectivity index (χ2v) is 7.59. The second kappa shape index (κ2) is 5.94. The van der Waals surface area contributed by atoms with Gasteiger partial charge in [-0.2, -0.15) is 0 Å². The third-order valence-corrected chi connectivity index (χ3v) is 5.60. The van der Waals surface area contributed by atoms with Gasteiger partial charge in [-0.1, -0.05) is 12.1 Å². The Morgan fingerprint density at radius 1 is 1.19 bits per heavy atom. The van der Waals surface area contributed by atoms with Gasteiger partial charge in [0.2, 0.25) is 10.0 Å². The first-order valence-corrected chi connectivity index (χ1v) is 9.20. The maximum atomic E-state index is 11.8. The lowest BCUT2D eigenvalue weighted by molar-refractivity contribution is 0.328. The number of para-hydroxylation sites is 1. The van der Waals surface area contributed by atoms with E-state index < -0.39 is 10.0 Å². The van der Waals surface area contributed by atoms with Crippen LogP contribution in [0.25, 0.3) is 0 Å². The molecule has 0 aliphatic carbocycles. The highest BCUT2D eigenvalue weighted by molar-refractivity contribution is 7.89.